The molecular formula is C17H20N2O6S. The van der Waals surface area contributed by atoms with E-state index in [0.717, 1.165) is 17.4 Å². The number of hydrogen-bond acceptors (Lipinski definition) is 6. The molecule has 2 rings (SSSR count). The summed E-state index contributed by atoms with van der Waals surface area (Å²) in [6.07, 6.45) is -0.778. The van der Waals surface area contributed by atoms with Gasteiger partial charge in [-0.05, 0) is 37.6 Å². The van der Waals surface area contributed by atoms with Crippen molar-refractivity contribution >= 4 is 27.5 Å². The zero-order valence-electron chi connectivity index (χ0n) is 14.6. The lowest BCUT2D eigenvalue weighted by Crippen LogP contribution is -2.40. The molecule has 0 saturated carbocycles. The van der Waals surface area contributed by atoms with Crippen molar-refractivity contribution in [3.63, 3.8) is 0 Å². The molecule has 140 valence electrons. The highest BCUT2D eigenvalue weighted by Gasteiger charge is 2.39. The van der Waals surface area contributed by atoms with Crippen LogP contribution in [0.2, 0.25) is 0 Å². The molecule has 1 aliphatic rings. The Bertz CT molecular complexity index is 884. The lowest BCUT2D eigenvalue weighted by Gasteiger charge is -2.17. The zero-order chi connectivity index (χ0) is 19.5. The minimum Gasteiger partial charge on any atom is -0.444 e. The SMILES string of the molecule is CC#Cc1ccc(N2CC(CC(C(=O)NO)S(C)(=O)=O)OC2=O)cc1C. The van der Waals surface area contributed by atoms with Gasteiger partial charge in [-0.2, -0.15) is 0 Å². The monoisotopic (exact) mass is 380 g/mol. The summed E-state index contributed by atoms with van der Waals surface area (Å²) in [5.41, 5.74) is 3.67. The lowest BCUT2D eigenvalue weighted by atomic mass is 10.1. The summed E-state index contributed by atoms with van der Waals surface area (Å²) in [6, 6.07) is 5.31. The Morgan fingerprint density at radius 1 is 1.50 bits per heavy atom. The van der Waals surface area contributed by atoms with Crippen LogP contribution in [0.5, 0.6) is 0 Å². The number of sulfone groups is 1. The van der Waals surface area contributed by atoms with E-state index in [0.29, 0.717) is 5.69 Å². The van der Waals surface area contributed by atoms with E-state index in [9.17, 15) is 18.0 Å². The molecule has 1 aromatic rings. The van der Waals surface area contributed by atoms with Crippen molar-refractivity contribution < 1.29 is 28.0 Å². The molecule has 8 nitrogen and oxygen atoms in total. The summed E-state index contributed by atoms with van der Waals surface area (Å²) >= 11 is 0. The van der Waals surface area contributed by atoms with E-state index in [1.54, 1.807) is 25.1 Å². The summed E-state index contributed by atoms with van der Waals surface area (Å²) in [5, 5.41) is 7.23. The second-order valence-corrected chi connectivity index (χ2v) is 8.25. The van der Waals surface area contributed by atoms with Crippen molar-refractivity contribution in [2.24, 2.45) is 0 Å². The number of benzene rings is 1. The van der Waals surface area contributed by atoms with E-state index >= 15 is 0 Å². The first-order chi connectivity index (χ1) is 12.2. The van der Waals surface area contributed by atoms with Crippen LogP contribution in [-0.4, -0.2) is 49.8 Å². The van der Waals surface area contributed by atoms with Gasteiger partial charge in [0, 0.05) is 23.9 Å². The Morgan fingerprint density at radius 2 is 2.19 bits per heavy atom. The first kappa shape index (κ1) is 19.8. The molecule has 1 fully saturated rings. The average molecular weight is 380 g/mol. The molecule has 9 heteroatoms. The number of anilines is 1. The van der Waals surface area contributed by atoms with E-state index in [1.807, 2.05) is 6.92 Å². The maximum Gasteiger partial charge on any atom is 0.414 e. The highest BCUT2D eigenvalue weighted by atomic mass is 32.2. The molecule has 1 heterocycles. The maximum absolute atomic E-state index is 12.2. The maximum atomic E-state index is 12.2. The molecule has 2 unspecified atom stereocenters. The number of carbonyl (C=O) groups is 2. The van der Waals surface area contributed by atoms with Crippen molar-refractivity contribution in [2.75, 3.05) is 17.7 Å². The average Bonchev–Trinajstić information content (AvgIpc) is 2.93. The molecule has 0 aromatic heterocycles. The predicted octanol–water partition coefficient (Wildman–Crippen LogP) is 1.00. The molecule has 1 aliphatic heterocycles. The van der Waals surface area contributed by atoms with Gasteiger partial charge in [-0.25, -0.2) is 18.7 Å². The molecule has 2 N–H and O–H groups in total. The Labute approximate surface area is 152 Å². The van der Waals surface area contributed by atoms with Gasteiger partial charge in [0.05, 0.1) is 6.54 Å². The van der Waals surface area contributed by atoms with Gasteiger partial charge in [-0.15, -0.1) is 5.92 Å². The second kappa shape index (κ2) is 7.76. The topological polar surface area (TPSA) is 113 Å². The molecule has 2 amide bonds. The van der Waals surface area contributed by atoms with E-state index < -0.39 is 33.2 Å². The smallest absolute Gasteiger partial charge is 0.414 e. The van der Waals surface area contributed by atoms with E-state index in [1.165, 1.54) is 10.4 Å². The first-order valence-corrected chi connectivity index (χ1v) is 9.77. The van der Waals surface area contributed by atoms with E-state index in [2.05, 4.69) is 11.8 Å². The largest absolute Gasteiger partial charge is 0.444 e. The molecule has 0 aliphatic carbocycles. The fourth-order valence-corrected chi connectivity index (χ4v) is 3.74. The summed E-state index contributed by atoms with van der Waals surface area (Å²) in [7, 11) is -3.78. The number of hydroxylamine groups is 1. The summed E-state index contributed by atoms with van der Waals surface area (Å²) in [5.74, 6) is 4.71. The van der Waals surface area contributed by atoms with Gasteiger partial charge >= 0.3 is 6.09 Å². The summed E-state index contributed by atoms with van der Waals surface area (Å²) < 4.78 is 28.7. The quantitative estimate of drug-likeness (QED) is 0.448. The number of aryl methyl sites for hydroxylation is 1. The van der Waals surface area contributed by atoms with Crippen LogP contribution in [0.25, 0.3) is 0 Å². The third-order valence-electron chi connectivity index (χ3n) is 4.05. The third-order valence-corrected chi connectivity index (χ3v) is 5.49. The van der Waals surface area contributed by atoms with Crippen LogP contribution in [0.4, 0.5) is 10.5 Å². The Hall–Kier alpha value is -2.57. The normalized spacial score (nSPS) is 17.9. The predicted molar refractivity (Wildman–Crippen MR) is 94.5 cm³/mol. The van der Waals surface area contributed by atoms with Gasteiger partial charge in [-0.1, -0.05) is 5.92 Å². The number of ether oxygens (including phenoxy) is 1. The van der Waals surface area contributed by atoms with Gasteiger partial charge in [0.15, 0.2) is 9.84 Å². The van der Waals surface area contributed by atoms with Crippen LogP contribution in [-0.2, 0) is 19.4 Å². The van der Waals surface area contributed by atoms with Crippen LogP contribution >= 0.6 is 0 Å². The molecule has 0 spiro atoms. The lowest BCUT2D eigenvalue weighted by molar-refractivity contribution is -0.129. The first-order valence-electron chi connectivity index (χ1n) is 7.81. The van der Waals surface area contributed by atoms with Crippen molar-refractivity contribution in [1.29, 1.82) is 0 Å². The van der Waals surface area contributed by atoms with Gasteiger partial charge in [-0.3, -0.25) is 14.9 Å². The second-order valence-electron chi connectivity index (χ2n) is 6.02. The number of hydrogen-bond donors (Lipinski definition) is 2. The van der Waals surface area contributed by atoms with E-state index in [-0.39, 0.29) is 13.0 Å². The van der Waals surface area contributed by atoms with Gasteiger partial charge in [0.2, 0.25) is 0 Å². The molecule has 0 radical (unpaired) electrons. The van der Waals surface area contributed by atoms with Crippen molar-refractivity contribution in [3.05, 3.63) is 29.3 Å². The van der Waals surface area contributed by atoms with Gasteiger partial charge < -0.3 is 4.74 Å². The van der Waals surface area contributed by atoms with Gasteiger partial charge in [0.25, 0.3) is 5.91 Å². The highest BCUT2D eigenvalue weighted by Crippen LogP contribution is 2.26. The van der Waals surface area contributed by atoms with Crippen molar-refractivity contribution in [2.45, 2.75) is 31.6 Å². The van der Waals surface area contributed by atoms with E-state index in [4.69, 9.17) is 9.94 Å². The van der Waals surface area contributed by atoms with Crippen LogP contribution in [0.1, 0.15) is 24.5 Å². The number of rotatable bonds is 5. The number of carbonyl (C=O) groups excluding carboxylic acids is 2. The summed E-state index contributed by atoms with van der Waals surface area (Å²) in [4.78, 5) is 25.1. The van der Waals surface area contributed by atoms with Gasteiger partial charge in [0.1, 0.15) is 11.4 Å². The summed E-state index contributed by atoms with van der Waals surface area (Å²) in [6.45, 7) is 3.70. The number of nitrogens with zero attached hydrogens (tertiary/aromatic N) is 1. The van der Waals surface area contributed by atoms with Crippen molar-refractivity contribution in [1.82, 2.24) is 5.48 Å². The fourth-order valence-electron chi connectivity index (χ4n) is 2.73. The zero-order valence-corrected chi connectivity index (χ0v) is 15.5. The molecule has 1 aromatic carbocycles. The minimum absolute atomic E-state index is 0.0990. The highest BCUT2D eigenvalue weighted by molar-refractivity contribution is 7.92. The van der Waals surface area contributed by atoms with Crippen LogP contribution in [0.15, 0.2) is 18.2 Å². The molecule has 2 atom stereocenters. The number of nitrogens with one attached hydrogen (secondary N) is 1. The van der Waals surface area contributed by atoms with Crippen molar-refractivity contribution in [3.8, 4) is 11.8 Å². The standard InChI is InChI=1S/C17H20N2O6S/c1-4-5-12-6-7-13(8-11(12)2)19-10-14(25-17(19)21)9-15(16(20)18-22)26(3,23)24/h6-8,14-15,22H,9-10H2,1-3H3,(H,18,20). The fraction of sp³-hybridized carbons (Fsp3) is 0.412. The Kier molecular flexibility index (Phi) is 5.90. The van der Waals surface area contributed by atoms with Crippen LogP contribution in [0, 0.1) is 18.8 Å². The third kappa shape index (κ3) is 4.33. The van der Waals surface area contributed by atoms with Crippen LogP contribution in [0.3, 0.4) is 0 Å². The molecule has 26 heavy (non-hydrogen) atoms. The molecule has 0 bridgehead atoms. The molecule has 1 saturated heterocycles. The van der Waals surface area contributed by atoms with Crippen LogP contribution < -0.4 is 10.4 Å². The number of cyclic esters (lactones) is 1. The minimum atomic E-state index is -3.78. The Morgan fingerprint density at radius 3 is 2.73 bits per heavy atom. The Balaban J connectivity index is 2.19. The number of amides is 2. The molecular weight excluding hydrogens is 360 g/mol.